The van der Waals surface area contributed by atoms with Crippen molar-refractivity contribution in [1.82, 2.24) is 10.2 Å². The minimum atomic E-state index is -0.778. The number of methoxy groups -OCH3 is 2. The average Bonchev–Trinajstić information content (AvgIpc) is 3.12. The fourth-order valence-corrected chi connectivity index (χ4v) is 3.21. The monoisotopic (exact) mass is 395 g/mol. The Labute approximate surface area is 167 Å². The molecule has 4 rings (SSSR count). The summed E-state index contributed by atoms with van der Waals surface area (Å²) in [6.45, 7) is 2.00. The third kappa shape index (κ3) is 3.56. The number of ether oxygens (including phenoxy) is 4. The van der Waals surface area contributed by atoms with Crippen LogP contribution in [0.15, 0.2) is 42.5 Å². The Kier molecular flexibility index (Phi) is 4.99. The number of carbonyl (C=O) groups excluding carboxylic acids is 1. The molecule has 2 N–H and O–H groups in total. The van der Waals surface area contributed by atoms with Crippen LogP contribution in [-0.2, 0) is 4.79 Å². The van der Waals surface area contributed by atoms with Crippen LogP contribution in [0.25, 0.3) is 11.1 Å². The molecule has 2 heterocycles. The summed E-state index contributed by atoms with van der Waals surface area (Å²) < 4.78 is 22.1. The summed E-state index contributed by atoms with van der Waals surface area (Å²) in [6.07, 6.45) is -0.778. The number of nitrogens with one attached hydrogen (secondary N) is 2. The van der Waals surface area contributed by atoms with Crippen LogP contribution in [0.2, 0.25) is 0 Å². The summed E-state index contributed by atoms with van der Waals surface area (Å²) in [5.41, 5.74) is 2.39. The molecule has 0 saturated carbocycles. The maximum atomic E-state index is 12.8. The number of hydrogen-bond donors (Lipinski definition) is 2. The SMILES string of the molecule is COc1ccc(-c2c(NC(=O)[C@H]3COc4ccccc4O3)n[nH]c2C)cc1OC. The van der Waals surface area contributed by atoms with E-state index in [2.05, 4.69) is 15.5 Å². The van der Waals surface area contributed by atoms with Gasteiger partial charge >= 0.3 is 0 Å². The molecule has 8 heteroatoms. The largest absolute Gasteiger partial charge is 0.493 e. The minimum absolute atomic E-state index is 0.123. The molecule has 1 aliphatic heterocycles. The molecule has 0 radical (unpaired) electrons. The van der Waals surface area contributed by atoms with E-state index in [-0.39, 0.29) is 12.5 Å². The van der Waals surface area contributed by atoms with E-state index in [9.17, 15) is 4.79 Å². The number of carbonyl (C=O) groups is 1. The van der Waals surface area contributed by atoms with Crippen molar-refractivity contribution in [2.75, 3.05) is 26.1 Å². The first-order chi connectivity index (χ1) is 14.1. The molecule has 0 aliphatic carbocycles. The third-order valence-corrected chi connectivity index (χ3v) is 4.66. The predicted octanol–water partition coefficient (Wildman–Crippen LogP) is 3.18. The van der Waals surface area contributed by atoms with Crippen LogP contribution >= 0.6 is 0 Å². The Morgan fingerprint density at radius 2 is 1.90 bits per heavy atom. The van der Waals surface area contributed by atoms with Gasteiger partial charge in [-0.05, 0) is 36.8 Å². The Balaban J connectivity index is 1.58. The number of aromatic amines is 1. The zero-order chi connectivity index (χ0) is 20.4. The van der Waals surface area contributed by atoms with E-state index in [1.807, 2.05) is 31.2 Å². The maximum Gasteiger partial charge on any atom is 0.270 e. The van der Waals surface area contributed by atoms with E-state index in [0.29, 0.717) is 28.8 Å². The molecule has 29 heavy (non-hydrogen) atoms. The molecule has 0 spiro atoms. The van der Waals surface area contributed by atoms with Crippen LogP contribution in [0.3, 0.4) is 0 Å². The van der Waals surface area contributed by atoms with Gasteiger partial charge in [-0.3, -0.25) is 9.89 Å². The fourth-order valence-electron chi connectivity index (χ4n) is 3.21. The lowest BCUT2D eigenvalue weighted by molar-refractivity contribution is -0.125. The van der Waals surface area contributed by atoms with Crippen molar-refractivity contribution in [2.24, 2.45) is 0 Å². The van der Waals surface area contributed by atoms with Crippen molar-refractivity contribution in [3.05, 3.63) is 48.2 Å². The number of amides is 1. The molecular weight excluding hydrogens is 374 g/mol. The number of nitrogens with zero attached hydrogens (tertiary/aromatic N) is 1. The van der Waals surface area contributed by atoms with Crippen molar-refractivity contribution >= 4 is 11.7 Å². The van der Waals surface area contributed by atoms with Crippen LogP contribution in [0.5, 0.6) is 23.0 Å². The molecule has 1 aliphatic rings. The molecule has 8 nitrogen and oxygen atoms in total. The lowest BCUT2D eigenvalue weighted by Gasteiger charge is -2.25. The number of benzene rings is 2. The third-order valence-electron chi connectivity index (χ3n) is 4.66. The quantitative estimate of drug-likeness (QED) is 0.689. The van der Waals surface area contributed by atoms with Crippen LogP contribution in [0.4, 0.5) is 5.82 Å². The van der Waals surface area contributed by atoms with Gasteiger partial charge in [-0.15, -0.1) is 0 Å². The number of fused-ring (bicyclic) bond motifs is 1. The van der Waals surface area contributed by atoms with Gasteiger partial charge in [-0.2, -0.15) is 5.10 Å². The molecule has 0 bridgehead atoms. The lowest BCUT2D eigenvalue weighted by atomic mass is 10.0. The van der Waals surface area contributed by atoms with Gasteiger partial charge in [0, 0.05) is 11.3 Å². The second kappa shape index (κ2) is 7.75. The second-order valence-corrected chi connectivity index (χ2v) is 6.50. The van der Waals surface area contributed by atoms with Crippen molar-refractivity contribution in [3.63, 3.8) is 0 Å². The summed E-state index contributed by atoms with van der Waals surface area (Å²) >= 11 is 0. The number of para-hydroxylation sites is 2. The number of rotatable bonds is 5. The van der Waals surface area contributed by atoms with E-state index in [1.165, 1.54) is 0 Å². The van der Waals surface area contributed by atoms with Crippen molar-refractivity contribution < 1.29 is 23.7 Å². The highest BCUT2D eigenvalue weighted by atomic mass is 16.6. The first-order valence-corrected chi connectivity index (χ1v) is 9.07. The highest BCUT2D eigenvalue weighted by molar-refractivity contribution is 5.97. The highest BCUT2D eigenvalue weighted by Crippen LogP contribution is 2.36. The van der Waals surface area contributed by atoms with Gasteiger partial charge < -0.3 is 24.3 Å². The highest BCUT2D eigenvalue weighted by Gasteiger charge is 2.29. The van der Waals surface area contributed by atoms with Gasteiger partial charge in [-0.25, -0.2) is 0 Å². The van der Waals surface area contributed by atoms with Gasteiger partial charge in [0.1, 0.15) is 6.61 Å². The Morgan fingerprint density at radius 3 is 2.66 bits per heavy atom. The smallest absolute Gasteiger partial charge is 0.270 e. The van der Waals surface area contributed by atoms with E-state index in [4.69, 9.17) is 18.9 Å². The number of anilines is 1. The van der Waals surface area contributed by atoms with E-state index < -0.39 is 6.10 Å². The summed E-state index contributed by atoms with van der Waals surface area (Å²) in [7, 11) is 3.15. The van der Waals surface area contributed by atoms with Gasteiger partial charge in [0.05, 0.1) is 14.2 Å². The number of aromatic nitrogens is 2. The Morgan fingerprint density at radius 1 is 1.14 bits per heavy atom. The molecule has 1 amide bonds. The minimum Gasteiger partial charge on any atom is -0.493 e. The summed E-state index contributed by atoms with van der Waals surface area (Å²) in [5.74, 6) is 2.43. The number of H-pyrrole nitrogens is 1. The normalized spacial score (nSPS) is 14.9. The van der Waals surface area contributed by atoms with Crippen LogP contribution in [0.1, 0.15) is 5.69 Å². The molecule has 1 atom stereocenters. The first-order valence-electron chi connectivity index (χ1n) is 9.07. The van der Waals surface area contributed by atoms with Crippen molar-refractivity contribution in [3.8, 4) is 34.1 Å². The van der Waals surface area contributed by atoms with Crippen molar-refractivity contribution in [1.29, 1.82) is 0 Å². The van der Waals surface area contributed by atoms with Crippen molar-refractivity contribution in [2.45, 2.75) is 13.0 Å². The van der Waals surface area contributed by atoms with E-state index in [0.717, 1.165) is 16.8 Å². The average molecular weight is 395 g/mol. The van der Waals surface area contributed by atoms with Gasteiger partial charge in [0.25, 0.3) is 5.91 Å². The lowest BCUT2D eigenvalue weighted by Crippen LogP contribution is -2.40. The predicted molar refractivity (Wildman–Crippen MR) is 107 cm³/mol. The summed E-state index contributed by atoms with van der Waals surface area (Å²) in [6, 6.07) is 12.8. The molecular formula is C21H21N3O5. The number of aryl methyl sites for hydroxylation is 1. The second-order valence-electron chi connectivity index (χ2n) is 6.50. The molecule has 2 aromatic carbocycles. The molecule has 3 aromatic rings. The van der Waals surface area contributed by atoms with Gasteiger partial charge in [0.15, 0.2) is 28.8 Å². The topological polar surface area (TPSA) is 94.7 Å². The van der Waals surface area contributed by atoms with Gasteiger partial charge in [0.2, 0.25) is 6.10 Å². The molecule has 0 saturated heterocycles. The fraction of sp³-hybridized carbons (Fsp3) is 0.238. The summed E-state index contributed by atoms with van der Waals surface area (Å²) in [5, 5.41) is 10.00. The zero-order valence-electron chi connectivity index (χ0n) is 16.3. The van der Waals surface area contributed by atoms with Crippen LogP contribution < -0.4 is 24.3 Å². The molecule has 0 unspecified atom stereocenters. The Bertz CT molecular complexity index is 1050. The Hall–Kier alpha value is -3.68. The van der Waals surface area contributed by atoms with Crippen LogP contribution in [0, 0.1) is 6.92 Å². The standard InChI is InChI=1S/C21H21N3O5/c1-12-19(13-8-9-14(26-2)17(10-13)27-3)20(24-23-12)22-21(25)18-11-28-15-6-4-5-7-16(15)29-18/h4-10,18H,11H2,1-3H3,(H2,22,23,24,25)/t18-/m1/s1. The van der Waals surface area contributed by atoms with Gasteiger partial charge in [-0.1, -0.05) is 18.2 Å². The number of hydrogen-bond acceptors (Lipinski definition) is 6. The first kappa shape index (κ1) is 18.7. The molecule has 0 fully saturated rings. The van der Waals surface area contributed by atoms with Crippen LogP contribution in [-0.4, -0.2) is 43.0 Å². The maximum absolute atomic E-state index is 12.8. The van der Waals surface area contributed by atoms with E-state index >= 15 is 0 Å². The molecule has 150 valence electrons. The van der Waals surface area contributed by atoms with E-state index in [1.54, 1.807) is 32.4 Å². The zero-order valence-corrected chi connectivity index (χ0v) is 16.3. The molecule has 1 aromatic heterocycles. The summed E-state index contributed by atoms with van der Waals surface area (Å²) in [4.78, 5) is 12.8.